The SMILES string of the molecule is O=S1(=O)C=CC(NS(=O)(=O)c2ccc(CO)o2)C1. The molecule has 0 saturated heterocycles. The molecule has 0 radical (unpaired) electrons. The first kappa shape index (κ1) is 13.3. The fourth-order valence-corrected chi connectivity index (χ4v) is 3.98. The molecule has 1 aromatic rings. The van der Waals surface area contributed by atoms with E-state index in [4.69, 9.17) is 9.52 Å². The van der Waals surface area contributed by atoms with E-state index in [9.17, 15) is 16.8 Å². The normalized spacial score (nSPS) is 22.4. The molecule has 9 heteroatoms. The summed E-state index contributed by atoms with van der Waals surface area (Å²) in [5.74, 6) is -0.190. The van der Waals surface area contributed by atoms with Gasteiger partial charge >= 0.3 is 0 Å². The Morgan fingerprint density at radius 2 is 2.17 bits per heavy atom. The van der Waals surface area contributed by atoms with Gasteiger partial charge in [0.05, 0.1) is 11.8 Å². The van der Waals surface area contributed by atoms with Crippen LogP contribution in [-0.4, -0.2) is 33.7 Å². The second-order valence-electron chi connectivity index (χ2n) is 3.76. The van der Waals surface area contributed by atoms with E-state index in [1.54, 1.807) is 0 Å². The highest BCUT2D eigenvalue weighted by Gasteiger charge is 2.28. The van der Waals surface area contributed by atoms with Crippen LogP contribution < -0.4 is 4.72 Å². The van der Waals surface area contributed by atoms with E-state index in [1.165, 1.54) is 18.2 Å². The van der Waals surface area contributed by atoms with E-state index in [2.05, 4.69) is 4.72 Å². The molecule has 18 heavy (non-hydrogen) atoms. The third-order valence-electron chi connectivity index (χ3n) is 2.29. The summed E-state index contributed by atoms with van der Waals surface area (Å²) in [6.45, 7) is -0.409. The first-order chi connectivity index (χ1) is 8.32. The van der Waals surface area contributed by atoms with Crippen molar-refractivity contribution in [3.8, 4) is 0 Å². The zero-order chi connectivity index (χ0) is 13.4. The Bertz CT molecular complexity index is 670. The molecule has 2 heterocycles. The standard InChI is InChI=1S/C9H11NO6S2/c11-5-8-1-2-9(16-8)18(14,15)10-7-3-4-17(12,13)6-7/h1-4,7,10-11H,5-6H2. The van der Waals surface area contributed by atoms with E-state index in [0.29, 0.717) is 0 Å². The average Bonchev–Trinajstić information content (AvgIpc) is 2.84. The molecule has 1 aliphatic heterocycles. The van der Waals surface area contributed by atoms with E-state index in [1.807, 2.05) is 0 Å². The van der Waals surface area contributed by atoms with Crippen LogP contribution in [0.4, 0.5) is 0 Å². The molecule has 2 N–H and O–H groups in total. The van der Waals surface area contributed by atoms with Crippen molar-refractivity contribution < 1.29 is 26.4 Å². The van der Waals surface area contributed by atoms with Crippen molar-refractivity contribution in [3.63, 3.8) is 0 Å². The van der Waals surface area contributed by atoms with Crippen LogP contribution >= 0.6 is 0 Å². The van der Waals surface area contributed by atoms with Gasteiger partial charge in [0.2, 0.25) is 5.09 Å². The van der Waals surface area contributed by atoms with Crippen LogP contribution in [0.2, 0.25) is 0 Å². The van der Waals surface area contributed by atoms with Gasteiger partial charge in [-0.3, -0.25) is 0 Å². The van der Waals surface area contributed by atoms with Crippen LogP contribution in [0.1, 0.15) is 5.76 Å². The summed E-state index contributed by atoms with van der Waals surface area (Å²) in [5, 5.41) is 9.39. The van der Waals surface area contributed by atoms with E-state index in [-0.39, 0.29) is 16.6 Å². The first-order valence-electron chi connectivity index (χ1n) is 4.95. The Kier molecular flexibility index (Phi) is 3.32. The number of furan rings is 1. The maximum Gasteiger partial charge on any atom is 0.274 e. The Hall–Kier alpha value is -1.16. The lowest BCUT2D eigenvalue weighted by molar-refractivity contribution is 0.236. The van der Waals surface area contributed by atoms with Crippen molar-refractivity contribution in [3.05, 3.63) is 29.4 Å². The van der Waals surface area contributed by atoms with Crippen molar-refractivity contribution in [2.75, 3.05) is 5.75 Å². The number of rotatable bonds is 4. The molecule has 1 aromatic heterocycles. The molecule has 100 valence electrons. The number of nitrogens with one attached hydrogen (secondary N) is 1. The van der Waals surface area contributed by atoms with E-state index >= 15 is 0 Å². The summed E-state index contributed by atoms with van der Waals surface area (Å²) in [5.41, 5.74) is 0. The predicted molar refractivity (Wildman–Crippen MR) is 61.7 cm³/mol. The van der Waals surface area contributed by atoms with E-state index in [0.717, 1.165) is 5.41 Å². The van der Waals surface area contributed by atoms with Crippen LogP contribution in [0.5, 0.6) is 0 Å². The van der Waals surface area contributed by atoms with Gasteiger partial charge in [0.1, 0.15) is 12.4 Å². The molecule has 0 amide bonds. The van der Waals surface area contributed by atoms with Gasteiger partial charge in [-0.15, -0.1) is 0 Å². The highest BCUT2D eigenvalue weighted by Crippen LogP contribution is 2.16. The number of aliphatic hydroxyl groups is 1. The van der Waals surface area contributed by atoms with Gasteiger partial charge in [-0.1, -0.05) is 6.08 Å². The van der Waals surface area contributed by atoms with Crippen LogP contribution in [0.25, 0.3) is 0 Å². The molecule has 0 fully saturated rings. The second-order valence-corrected chi connectivity index (χ2v) is 7.34. The smallest absolute Gasteiger partial charge is 0.274 e. The quantitative estimate of drug-likeness (QED) is 0.763. The summed E-state index contributed by atoms with van der Waals surface area (Å²) in [4.78, 5) is 0. The first-order valence-corrected chi connectivity index (χ1v) is 8.15. The molecule has 0 bridgehead atoms. The van der Waals surface area contributed by atoms with E-state index < -0.39 is 32.5 Å². The number of sulfonamides is 1. The Balaban J connectivity index is 2.16. The summed E-state index contributed by atoms with van der Waals surface area (Å²) in [7, 11) is -7.25. The van der Waals surface area contributed by atoms with Gasteiger partial charge in [0, 0.05) is 5.41 Å². The molecule has 7 nitrogen and oxygen atoms in total. The van der Waals surface area contributed by atoms with Gasteiger partial charge in [-0.05, 0) is 12.1 Å². The molecule has 1 unspecified atom stereocenters. The lowest BCUT2D eigenvalue weighted by atomic mass is 10.4. The Morgan fingerprint density at radius 1 is 1.44 bits per heavy atom. The van der Waals surface area contributed by atoms with Gasteiger partial charge < -0.3 is 9.52 Å². The highest BCUT2D eigenvalue weighted by atomic mass is 32.2. The van der Waals surface area contributed by atoms with Gasteiger partial charge in [0.15, 0.2) is 9.84 Å². The molecule has 1 aliphatic rings. The van der Waals surface area contributed by atoms with Crippen molar-refractivity contribution in [1.82, 2.24) is 4.72 Å². The fourth-order valence-electron chi connectivity index (χ4n) is 1.49. The van der Waals surface area contributed by atoms with Gasteiger partial charge in [-0.2, -0.15) is 0 Å². The number of aliphatic hydroxyl groups excluding tert-OH is 1. The lowest BCUT2D eigenvalue weighted by Crippen LogP contribution is -2.35. The molecule has 0 saturated carbocycles. The van der Waals surface area contributed by atoms with Crippen LogP contribution in [0, 0.1) is 0 Å². The molecular formula is C9H11NO6S2. The van der Waals surface area contributed by atoms with Crippen molar-refractivity contribution in [2.45, 2.75) is 17.7 Å². The fraction of sp³-hybridized carbons (Fsp3) is 0.333. The summed E-state index contributed by atoms with van der Waals surface area (Å²) in [6, 6.07) is 1.72. The Morgan fingerprint density at radius 3 is 2.67 bits per heavy atom. The molecular weight excluding hydrogens is 282 g/mol. The van der Waals surface area contributed by atoms with Crippen LogP contribution in [0.3, 0.4) is 0 Å². The van der Waals surface area contributed by atoms with Crippen LogP contribution in [-0.2, 0) is 26.5 Å². The topological polar surface area (TPSA) is 114 Å². The lowest BCUT2D eigenvalue weighted by Gasteiger charge is -2.08. The molecule has 2 rings (SSSR count). The summed E-state index contributed by atoms with van der Waals surface area (Å²) in [6.07, 6.45) is 1.27. The molecule has 0 spiro atoms. The summed E-state index contributed by atoms with van der Waals surface area (Å²) < 4.78 is 53.0. The number of hydrogen-bond acceptors (Lipinski definition) is 6. The predicted octanol–water partition coefficient (Wildman–Crippen LogP) is -0.639. The zero-order valence-electron chi connectivity index (χ0n) is 9.11. The van der Waals surface area contributed by atoms with Crippen molar-refractivity contribution in [2.24, 2.45) is 0 Å². The minimum atomic E-state index is -3.93. The molecule has 0 aliphatic carbocycles. The minimum Gasteiger partial charge on any atom is -0.446 e. The number of sulfone groups is 1. The average molecular weight is 293 g/mol. The largest absolute Gasteiger partial charge is 0.446 e. The molecule has 1 atom stereocenters. The summed E-state index contributed by atoms with van der Waals surface area (Å²) >= 11 is 0. The maximum atomic E-state index is 11.8. The third kappa shape index (κ3) is 2.80. The van der Waals surface area contributed by atoms with Crippen molar-refractivity contribution in [1.29, 1.82) is 0 Å². The monoisotopic (exact) mass is 293 g/mol. The Labute approximate surface area is 104 Å². The maximum absolute atomic E-state index is 11.8. The zero-order valence-corrected chi connectivity index (χ0v) is 10.7. The van der Waals surface area contributed by atoms with Crippen LogP contribution in [0.15, 0.2) is 33.1 Å². The molecule has 0 aromatic carbocycles. The van der Waals surface area contributed by atoms with Gasteiger partial charge in [-0.25, -0.2) is 21.6 Å². The van der Waals surface area contributed by atoms with Crippen molar-refractivity contribution >= 4 is 19.9 Å². The third-order valence-corrected chi connectivity index (χ3v) is 5.05. The number of hydrogen-bond donors (Lipinski definition) is 2. The second kappa shape index (κ2) is 4.50. The van der Waals surface area contributed by atoms with Gasteiger partial charge in [0.25, 0.3) is 10.0 Å². The minimum absolute atomic E-state index is 0.116. The highest BCUT2D eigenvalue weighted by molar-refractivity contribution is 7.94.